The predicted molar refractivity (Wildman–Crippen MR) is 124 cm³/mol. The first-order valence-electron chi connectivity index (χ1n) is 11.2. The van der Waals surface area contributed by atoms with E-state index in [2.05, 4.69) is 25.2 Å². The highest BCUT2D eigenvalue weighted by molar-refractivity contribution is 5.89. The van der Waals surface area contributed by atoms with Crippen LogP contribution in [0.5, 0.6) is 5.75 Å². The van der Waals surface area contributed by atoms with Gasteiger partial charge < -0.3 is 24.8 Å². The summed E-state index contributed by atoms with van der Waals surface area (Å²) in [6, 6.07) is 7.98. The van der Waals surface area contributed by atoms with Crippen molar-refractivity contribution in [2.45, 2.75) is 38.8 Å². The minimum atomic E-state index is -0.503. The number of piperidine rings is 1. The topological polar surface area (TPSA) is 86.4 Å². The van der Waals surface area contributed by atoms with Crippen molar-refractivity contribution in [3.8, 4) is 5.75 Å². The molecular formula is C24H30N6O2. The molecule has 168 valence electrons. The van der Waals surface area contributed by atoms with E-state index in [-0.39, 0.29) is 5.91 Å². The third-order valence-corrected chi connectivity index (χ3v) is 6.75. The molecule has 1 amide bonds. The smallest absolute Gasteiger partial charge is 0.243 e. The number of aromatic nitrogens is 3. The number of nitrogens with one attached hydrogen (secondary N) is 2. The van der Waals surface area contributed by atoms with Crippen molar-refractivity contribution in [2.75, 3.05) is 38.2 Å². The standard InChI is InChI=1S/C24H30N6O2/c1-16-12-17(2)28-23(27-16)29-9-6-24(7-10-29)22(31)30(11-8-26-24)15-18-14-25-21-5-4-19(32-3)13-20(18)21/h4-5,12-14,25-26H,6-11,15H2,1-3H3. The van der Waals surface area contributed by atoms with E-state index in [1.165, 1.54) is 0 Å². The molecule has 0 unspecified atom stereocenters. The van der Waals surface area contributed by atoms with Gasteiger partial charge in [-0.1, -0.05) is 0 Å². The van der Waals surface area contributed by atoms with Crippen LogP contribution in [-0.4, -0.2) is 64.6 Å². The molecule has 2 aliphatic rings. The fraction of sp³-hybridized carbons (Fsp3) is 0.458. The van der Waals surface area contributed by atoms with Gasteiger partial charge in [0.25, 0.3) is 0 Å². The highest BCUT2D eigenvalue weighted by Crippen LogP contribution is 2.31. The maximum Gasteiger partial charge on any atom is 0.243 e. The number of benzene rings is 1. The number of hydrogen-bond donors (Lipinski definition) is 2. The van der Waals surface area contributed by atoms with Crippen LogP contribution < -0.4 is 15.0 Å². The SMILES string of the molecule is COc1ccc2[nH]cc(CN3CCNC4(CCN(c5nc(C)cc(C)n5)CC4)C3=O)c2c1. The van der Waals surface area contributed by atoms with Crippen LogP contribution in [0.3, 0.4) is 0 Å². The summed E-state index contributed by atoms with van der Waals surface area (Å²) in [5.41, 5.74) is 3.62. The zero-order chi connectivity index (χ0) is 22.3. The van der Waals surface area contributed by atoms with Gasteiger partial charge in [0.2, 0.25) is 11.9 Å². The van der Waals surface area contributed by atoms with Crippen molar-refractivity contribution >= 4 is 22.8 Å². The second-order valence-electron chi connectivity index (χ2n) is 8.90. The summed E-state index contributed by atoms with van der Waals surface area (Å²) < 4.78 is 5.39. The van der Waals surface area contributed by atoms with Gasteiger partial charge in [-0.3, -0.25) is 4.79 Å². The molecule has 3 aromatic rings. The number of aromatic amines is 1. The van der Waals surface area contributed by atoms with Crippen LogP contribution in [0.4, 0.5) is 5.95 Å². The summed E-state index contributed by atoms with van der Waals surface area (Å²) in [6.07, 6.45) is 3.51. The molecule has 2 N–H and O–H groups in total. The van der Waals surface area contributed by atoms with Crippen LogP contribution in [0, 0.1) is 13.8 Å². The van der Waals surface area contributed by atoms with E-state index < -0.39 is 5.54 Å². The summed E-state index contributed by atoms with van der Waals surface area (Å²) >= 11 is 0. The normalized spacial score (nSPS) is 18.5. The number of aryl methyl sites for hydroxylation is 2. The van der Waals surface area contributed by atoms with Gasteiger partial charge in [-0.05, 0) is 56.5 Å². The Kier molecular flexibility index (Phi) is 5.25. The number of fused-ring (bicyclic) bond motifs is 1. The van der Waals surface area contributed by atoms with Gasteiger partial charge in [0.1, 0.15) is 11.3 Å². The molecule has 0 atom stereocenters. The zero-order valence-electron chi connectivity index (χ0n) is 18.9. The number of nitrogens with zero attached hydrogens (tertiary/aromatic N) is 4. The summed E-state index contributed by atoms with van der Waals surface area (Å²) in [7, 11) is 1.67. The molecule has 1 aromatic carbocycles. The fourth-order valence-corrected chi connectivity index (χ4v) is 5.01. The van der Waals surface area contributed by atoms with Gasteiger partial charge in [-0.2, -0.15) is 0 Å². The van der Waals surface area contributed by atoms with Gasteiger partial charge in [0.05, 0.1) is 7.11 Å². The summed E-state index contributed by atoms with van der Waals surface area (Å²) in [5.74, 6) is 1.79. The molecule has 2 aliphatic heterocycles. The predicted octanol–water partition coefficient (Wildman–Crippen LogP) is 2.55. The Bertz CT molecular complexity index is 1130. The third-order valence-electron chi connectivity index (χ3n) is 6.75. The Morgan fingerprint density at radius 2 is 1.84 bits per heavy atom. The molecular weight excluding hydrogens is 404 g/mol. The minimum Gasteiger partial charge on any atom is -0.497 e. The maximum absolute atomic E-state index is 13.6. The van der Waals surface area contributed by atoms with E-state index in [4.69, 9.17) is 4.74 Å². The molecule has 8 heteroatoms. The van der Waals surface area contributed by atoms with Crippen molar-refractivity contribution in [3.63, 3.8) is 0 Å². The Labute approximate surface area is 188 Å². The Hall–Kier alpha value is -3.13. The number of H-pyrrole nitrogens is 1. The molecule has 0 radical (unpaired) electrons. The molecule has 0 aliphatic carbocycles. The van der Waals surface area contributed by atoms with Crippen LogP contribution in [0.25, 0.3) is 10.9 Å². The zero-order valence-corrected chi connectivity index (χ0v) is 18.9. The summed E-state index contributed by atoms with van der Waals surface area (Å²) in [6.45, 7) is 7.62. The van der Waals surface area contributed by atoms with Crippen molar-refractivity contribution in [2.24, 2.45) is 0 Å². The van der Waals surface area contributed by atoms with E-state index in [0.717, 1.165) is 72.0 Å². The van der Waals surface area contributed by atoms with Crippen LogP contribution in [0.1, 0.15) is 29.8 Å². The Morgan fingerprint density at radius 3 is 2.56 bits per heavy atom. The molecule has 0 saturated carbocycles. The van der Waals surface area contributed by atoms with E-state index >= 15 is 0 Å². The average Bonchev–Trinajstić information content (AvgIpc) is 3.19. The Morgan fingerprint density at radius 1 is 1.09 bits per heavy atom. The van der Waals surface area contributed by atoms with E-state index in [9.17, 15) is 4.79 Å². The van der Waals surface area contributed by atoms with Gasteiger partial charge >= 0.3 is 0 Å². The molecule has 2 saturated heterocycles. The van der Waals surface area contributed by atoms with Crippen molar-refractivity contribution < 1.29 is 9.53 Å². The lowest BCUT2D eigenvalue weighted by atomic mass is 9.84. The first kappa shape index (κ1) is 20.8. The second kappa shape index (κ2) is 8.09. The highest BCUT2D eigenvalue weighted by Gasteiger charge is 2.46. The quantitative estimate of drug-likeness (QED) is 0.656. The lowest BCUT2D eigenvalue weighted by molar-refractivity contribution is -0.143. The van der Waals surface area contributed by atoms with Crippen LogP contribution in [-0.2, 0) is 11.3 Å². The van der Waals surface area contributed by atoms with Gasteiger partial charge in [0.15, 0.2) is 0 Å². The van der Waals surface area contributed by atoms with Crippen molar-refractivity contribution in [1.82, 2.24) is 25.2 Å². The number of anilines is 1. The van der Waals surface area contributed by atoms with Crippen LogP contribution in [0.2, 0.25) is 0 Å². The van der Waals surface area contributed by atoms with Gasteiger partial charge in [-0.15, -0.1) is 0 Å². The number of amides is 1. The largest absolute Gasteiger partial charge is 0.497 e. The van der Waals surface area contributed by atoms with E-state index in [1.54, 1.807) is 7.11 Å². The average molecular weight is 435 g/mol. The van der Waals surface area contributed by atoms with Gasteiger partial charge in [-0.25, -0.2) is 9.97 Å². The molecule has 8 nitrogen and oxygen atoms in total. The molecule has 2 fully saturated rings. The second-order valence-corrected chi connectivity index (χ2v) is 8.90. The molecule has 32 heavy (non-hydrogen) atoms. The first-order valence-corrected chi connectivity index (χ1v) is 11.2. The van der Waals surface area contributed by atoms with E-state index in [0.29, 0.717) is 13.1 Å². The number of carbonyl (C=O) groups excluding carboxylic acids is 1. The number of ether oxygens (including phenoxy) is 1. The Balaban J connectivity index is 1.32. The van der Waals surface area contributed by atoms with Gasteiger partial charge in [0, 0.05) is 61.2 Å². The third kappa shape index (κ3) is 3.68. The summed E-state index contributed by atoms with van der Waals surface area (Å²) in [5, 5.41) is 4.66. The number of methoxy groups -OCH3 is 1. The molecule has 2 aromatic heterocycles. The monoisotopic (exact) mass is 434 g/mol. The van der Waals surface area contributed by atoms with Crippen LogP contribution >= 0.6 is 0 Å². The number of rotatable bonds is 4. The molecule has 4 heterocycles. The van der Waals surface area contributed by atoms with E-state index in [1.807, 2.05) is 49.2 Å². The minimum absolute atomic E-state index is 0.196. The number of piperazine rings is 1. The fourth-order valence-electron chi connectivity index (χ4n) is 5.01. The lowest BCUT2D eigenvalue weighted by Crippen LogP contribution is -2.67. The highest BCUT2D eigenvalue weighted by atomic mass is 16.5. The molecule has 1 spiro atoms. The number of hydrogen-bond acceptors (Lipinski definition) is 6. The first-order chi connectivity index (χ1) is 15.5. The lowest BCUT2D eigenvalue weighted by Gasteiger charge is -2.47. The summed E-state index contributed by atoms with van der Waals surface area (Å²) in [4.78, 5) is 30.3. The van der Waals surface area contributed by atoms with Crippen molar-refractivity contribution in [3.05, 3.63) is 47.4 Å². The molecule has 5 rings (SSSR count). The van der Waals surface area contributed by atoms with Crippen LogP contribution in [0.15, 0.2) is 30.5 Å². The number of carbonyl (C=O) groups is 1. The maximum atomic E-state index is 13.6. The molecule has 0 bridgehead atoms. The van der Waals surface area contributed by atoms with Crippen molar-refractivity contribution in [1.29, 1.82) is 0 Å².